The highest BCUT2D eigenvalue weighted by Crippen LogP contribution is 2.12. The molecule has 1 rings (SSSR count). The fraction of sp³-hybridized carbons (Fsp3) is 0.600. The molecule has 1 heterocycles. The van der Waals surface area contributed by atoms with Crippen LogP contribution in [0.25, 0.3) is 0 Å². The van der Waals surface area contributed by atoms with Crippen LogP contribution in [0.3, 0.4) is 0 Å². The average molecular weight is 294 g/mol. The zero-order chi connectivity index (χ0) is 13.9. The second-order valence-electron chi connectivity index (χ2n) is 4.41. The van der Waals surface area contributed by atoms with E-state index in [1.165, 1.54) is 10.9 Å². The van der Waals surface area contributed by atoms with Crippen LogP contribution in [0.2, 0.25) is 0 Å². The zero-order valence-corrected chi connectivity index (χ0v) is 12.0. The second-order valence-corrected chi connectivity index (χ2v) is 6.98. The standard InChI is InChI=1S/C10H16ClN3O3S/c1-7(2)8(3)13-10(15)6-14-5-9(4-12-14)18(11,16)17/h4-5,7-8H,6H2,1-3H3,(H,13,15). The number of halogens is 1. The van der Waals surface area contributed by atoms with E-state index in [2.05, 4.69) is 10.4 Å². The minimum atomic E-state index is -3.80. The van der Waals surface area contributed by atoms with Crippen LogP contribution in [-0.4, -0.2) is 30.1 Å². The molecule has 102 valence electrons. The molecule has 0 aromatic carbocycles. The van der Waals surface area contributed by atoms with Crippen molar-refractivity contribution >= 4 is 25.6 Å². The summed E-state index contributed by atoms with van der Waals surface area (Å²) in [6, 6.07) is 0.0456. The SMILES string of the molecule is CC(C)C(C)NC(=O)Cn1cc(S(=O)(=O)Cl)cn1. The van der Waals surface area contributed by atoms with Crippen LogP contribution >= 0.6 is 10.7 Å². The largest absolute Gasteiger partial charge is 0.352 e. The van der Waals surface area contributed by atoms with Crippen LogP contribution < -0.4 is 5.32 Å². The van der Waals surface area contributed by atoms with Gasteiger partial charge in [0.15, 0.2) is 0 Å². The van der Waals surface area contributed by atoms with Gasteiger partial charge in [0.25, 0.3) is 9.05 Å². The van der Waals surface area contributed by atoms with Crippen molar-refractivity contribution in [2.75, 3.05) is 0 Å². The lowest BCUT2D eigenvalue weighted by Crippen LogP contribution is -2.38. The van der Waals surface area contributed by atoms with Crippen LogP contribution in [-0.2, 0) is 20.4 Å². The maximum Gasteiger partial charge on any atom is 0.264 e. The third-order valence-corrected chi connectivity index (χ3v) is 3.89. The molecule has 6 nitrogen and oxygen atoms in total. The van der Waals surface area contributed by atoms with Crippen molar-refractivity contribution in [3.05, 3.63) is 12.4 Å². The highest BCUT2D eigenvalue weighted by molar-refractivity contribution is 8.13. The first kappa shape index (κ1) is 15.0. The summed E-state index contributed by atoms with van der Waals surface area (Å²) >= 11 is 0. The maximum atomic E-state index is 11.6. The van der Waals surface area contributed by atoms with E-state index < -0.39 is 9.05 Å². The number of nitrogens with one attached hydrogen (secondary N) is 1. The summed E-state index contributed by atoms with van der Waals surface area (Å²) in [5.41, 5.74) is 0. The van der Waals surface area contributed by atoms with E-state index in [4.69, 9.17) is 10.7 Å². The molecule has 18 heavy (non-hydrogen) atoms. The van der Waals surface area contributed by atoms with Crippen molar-refractivity contribution in [2.24, 2.45) is 5.92 Å². The van der Waals surface area contributed by atoms with Gasteiger partial charge in [-0.25, -0.2) is 8.42 Å². The summed E-state index contributed by atoms with van der Waals surface area (Å²) in [7, 11) is 1.36. The van der Waals surface area contributed by atoms with Gasteiger partial charge in [0.1, 0.15) is 11.4 Å². The molecule has 1 aromatic rings. The number of rotatable bonds is 5. The summed E-state index contributed by atoms with van der Waals surface area (Å²) in [6.07, 6.45) is 2.34. The molecular formula is C10H16ClN3O3S. The maximum absolute atomic E-state index is 11.6. The first-order chi connectivity index (χ1) is 8.20. The van der Waals surface area contributed by atoms with E-state index in [-0.39, 0.29) is 23.4 Å². The molecule has 0 fully saturated rings. The Morgan fingerprint density at radius 2 is 2.11 bits per heavy atom. The number of hydrogen-bond donors (Lipinski definition) is 1. The van der Waals surface area contributed by atoms with Crippen LogP contribution in [0.5, 0.6) is 0 Å². The Hall–Kier alpha value is -1.08. The monoisotopic (exact) mass is 293 g/mol. The summed E-state index contributed by atoms with van der Waals surface area (Å²) < 4.78 is 23.3. The van der Waals surface area contributed by atoms with Crippen molar-refractivity contribution in [2.45, 2.75) is 38.3 Å². The van der Waals surface area contributed by atoms with Gasteiger partial charge in [-0.3, -0.25) is 9.48 Å². The molecule has 0 aliphatic carbocycles. The molecule has 1 atom stereocenters. The number of hydrogen-bond acceptors (Lipinski definition) is 4. The number of nitrogens with zero attached hydrogens (tertiary/aromatic N) is 2. The summed E-state index contributed by atoms with van der Waals surface area (Å²) in [4.78, 5) is 11.5. The van der Waals surface area contributed by atoms with E-state index in [1.807, 2.05) is 20.8 Å². The van der Waals surface area contributed by atoms with Crippen LogP contribution in [0, 0.1) is 5.92 Å². The Labute approximate surface area is 111 Å². The molecular weight excluding hydrogens is 278 g/mol. The van der Waals surface area contributed by atoms with E-state index in [0.717, 1.165) is 6.20 Å². The van der Waals surface area contributed by atoms with Crippen molar-refractivity contribution in [3.63, 3.8) is 0 Å². The Morgan fingerprint density at radius 3 is 2.56 bits per heavy atom. The normalized spacial score (nSPS) is 13.6. The Kier molecular flexibility index (Phi) is 4.75. The molecule has 0 radical (unpaired) electrons. The third kappa shape index (κ3) is 4.30. The van der Waals surface area contributed by atoms with E-state index in [1.54, 1.807) is 0 Å². The van der Waals surface area contributed by atoms with Gasteiger partial charge < -0.3 is 5.32 Å². The number of carbonyl (C=O) groups is 1. The molecule has 1 unspecified atom stereocenters. The molecule has 1 amide bonds. The van der Waals surface area contributed by atoms with Crippen LogP contribution in [0.15, 0.2) is 17.3 Å². The smallest absolute Gasteiger partial charge is 0.264 e. The van der Waals surface area contributed by atoms with Crippen molar-refractivity contribution in [1.82, 2.24) is 15.1 Å². The molecule has 0 bridgehead atoms. The third-order valence-electron chi connectivity index (χ3n) is 2.59. The van der Waals surface area contributed by atoms with Gasteiger partial charge in [0, 0.05) is 22.9 Å². The van der Waals surface area contributed by atoms with Gasteiger partial charge in [-0.05, 0) is 12.8 Å². The van der Waals surface area contributed by atoms with E-state index in [0.29, 0.717) is 5.92 Å². The molecule has 0 saturated carbocycles. The average Bonchev–Trinajstić information content (AvgIpc) is 2.64. The van der Waals surface area contributed by atoms with Gasteiger partial charge in [-0.2, -0.15) is 5.10 Å². The molecule has 0 aliphatic heterocycles. The highest BCUT2D eigenvalue weighted by Gasteiger charge is 2.15. The fourth-order valence-electron chi connectivity index (χ4n) is 1.17. The second kappa shape index (κ2) is 5.71. The predicted octanol–water partition coefficient (Wildman–Crippen LogP) is 0.971. The lowest BCUT2D eigenvalue weighted by molar-refractivity contribution is -0.122. The predicted molar refractivity (Wildman–Crippen MR) is 67.7 cm³/mol. The first-order valence-corrected chi connectivity index (χ1v) is 7.77. The molecule has 1 N–H and O–H groups in total. The summed E-state index contributed by atoms with van der Waals surface area (Å²) in [6.45, 7) is 5.86. The van der Waals surface area contributed by atoms with E-state index >= 15 is 0 Å². The Bertz CT molecular complexity index is 524. The lowest BCUT2D eigenvalue weighted by Gasteiger charge is -2.17. The molecule has 0 spiro atoms. The fourth-order valence-corrected chi connectivity index (χ4v) is 1.83. The van der Waals surface area contributed by atoms with Gasteiger partial charge >= 0.3 is 0 Å². The number of aromatic nitrogens is 2. The zero-order valence-electron chi connectivity index (χ0n) is 10.4. The molecule has 0 saturated heterocycles. The van der Waals surface area contributed by atoms with Gasteiger partial charge in [-0.15, -0.1) is 0 Å². The first-order valence-electron chi connectivity index (χ1n) is 5.46. The minimum absolute atomic E-state index is 0.0382. The minimum Gasteiger partial charge on any atom is -0.352 e. The quantitative estimate of drug-likeness (QED) is 0.820. The molecule has 0 aliphatic rings. The topological polar surface area (TPSA) is 81.1 Å². The summed E-state index contributed by atoms with van der Waals surface area (Å²) in [5.74, 6) is 0.100. The van der Waals surface area contributed by atoms with Gasteiger partial charge in [-0.1, -0.05) is 13.8 Å². The number of carbonyl (C=O) groups excluding carboxylic acids is 1. The molecule has 8 heteroatoms. The van der Waals surface area contributed by atoms with E-state index in [9.17, 15) is 13.2 Å². The van der Waals surface area contributed by atoms with Gasteiger partial charge in [0.05, 0.1) is 6.20 Å². The van der Waals surface area contributed by atoms with Crippen molar-refractivity contribution < 1.29 is 13.2 Å². The highest BCUT2D eigenvalue weighted by atomic mass is 35.7. The molecule has 1 aromatic heterocycles. The van der Waals surface area contributed by atoms with Crippen LogP contribution in [0.1, 0.15) is 20.8 Å². The lowest BCUT2D eigenvalue weighted by atomic mass is 10.1. The summed E-state index contributed by atoms with van der Waals surface area (Å²) in [5, 5.41) is 6.56. The van der Waals surface area contributed by atoms with Crippen molar-refractivity contribution in [1.29, 1.82) is 0 Å². The Morgan fingerprint density at radius 1 is 1.50 bits per heavy atom. The number of amides is 1. The Balaban J connectivity index is 2.63. The van der Waals surface area contributed by atoms with Gasteiger partial charge in [0.2, 0.25) is 5.91 Å². The van der Waals surface area contributed by atoms with Crippen LogP contribution in [0.4, 0.5) is 0 Å². The van der Waals surface area contributed by atoms with Crippen molar-refractivity contribution in [3.8, 4) is 0 Å².